The van der Waals surface area contributed by atoms with Gasteiger partial charge in [0.05, 0.1) is 0 Å². The maximum absolute atomic E-state index is 12.7. The fraction of sp³-hybridized carbons (Fsp3) is 0.650. The van der Waals surface area contributed by atoms with Crippen LogP contribution in [0.5, 0.6) is 0 Å². The Morgan fingerprint density at radius 1 is 1.12 bits per heavy atom. The van der Waals surface area contributed by atoms with E-state index in [1.807, 2.05) is 0 Å². The first-order chi connectivity index (χ1) is 11.7. The third kappa shape index (κ3) is 3.86. The summed E-state index contributed by atoms with van der Waals surface area (Å²) in [5.41, 5.74) is 1.39. The molecule has 0 spiro atoms. The van der Waals surface area contributed by atoms with Gasteiger partial charge in [0.1, 0.15) is 0 Å². The van der Waals surface area contributed by atoms with Crippen LogP contribution in [0.1, 0.15) is 30.9 Å². The van der Waals surface area contributed by atoms with Crippen molar-refractivity contribution in [2.75, 3.05) is 39.9 Å². The smallest absolute Gasteiger partial charge is 0.222 e. The van der Waals surface area contributed by atoms with E-state index >= 15 is 0 Å². The first-order valence-corrected chi connectivity index (χ1v) is 9.33. The van der Waals surface area contributed by atoms with Gasteiger partial charge in [-0.2, -0.15) is 0 Å². The summed E-state index contributed by atoms with van der Waals surface area (Å²) in [7, 11) is 2.23. The largest absolute Gasteiger partial charge is 0.381 e. The van der Waals surface area contributed by atoms with Crippen LogP contribution in [0.15, 0.2) is 30.3 Å². The Hall–Kier alpha value is -1.10. The predicted molar refractivity (Wildman–Crippen MR) is 101 cm³/mol. The second-order valence-electron chi connectivity index (χ2n) is 7.78. The summed E-state index contributed by atoms with van der Waals surface area (Å²) in [6, 6.07) is 11.2. The van der Waals surface area contributed by atoms with Crippen LogP contribution in [-0.4, -0.2) is 55.6 Å². The highest BCUT2D eigenvalue weighted by atomic mass is 35.5. The Morgan fingerprint density at radius 2 is 1.84 bits per heavy atom. The van der Waals surface area contributed by atoms with Crippen molar-refractivity contribution in [2.45, 2.75) is 25.3 Å². The van der Waals surface area contributed by atoms with Crippen LogP contribution in [0.4, 0.5) is 0 Å². The summed E-state index contributed by atoms with van der Waals surface area (Å²) in [5.74, 6) is 2.10. The van der Waals surface area contributed by atoms with Crippen molar-refractivity contribution in [3.05, 3.63) is 35.9 Å². The average Bonchev–Trinajstić information content (AvgIpc) is 3.13. The Bertz CT molecular complexity index is 576. The van der Waals surface area contributed by atoms with E-state index in [-0.39, 0.29) is 12.4 Å². The minimum absolute atomic E-state index is 0. The number of likely N-dealkylation sites (tertiary alicyclic amines) is 2. The van der Waals surface area contributed by atoms with Gasteiger partial charge in [-0.3, -0.25) is 9.69 Å². The van der Waals surface area contributed by atoms with E-state index in [2.05, 4.69) is 47.2 Å². The number of carbonyl (C=O) groups excluding carboxylic acids is 1. The molecule has 3 aliphatic heterocycles. The summed E-state index contributed by atoms with van der Waals surface area (Å²) >= 11 is 0. The monoisotopic (exact) mass is 364 g/mol. The van der Waals surface area contributed by atoms with E-state index in [0.29, 0.717) is 36.1 Å². The predicted octanol–water partition coefficient (Wildman–Crippen LogP) is 2.99. The number of hydrogen-bond acceptors (Lipinski definition) is 3. The first-order valence-electron chi connectivity index (χ1n) is 9.33. The zero-order chi connectivity index (χ0) is 16.5. The van der Waals surface area contributed by atoms with Crippen molar-refractivity contribution in [3.63, 3.8) is 0 Å². The number of benzene rings is 1. The molecule has 3 fully saturated rings. The van der Waals surface area contributed by atoms with Crippen molar-refractivity contribution in [3.8, 4) is 0 Å². The quantitative estimate of drug-likeness (QED) is 0.826. The molecule has 1 aromatic carbocycles. The molecule has 3 atom stereocenters. The molecule has 138 valence electrons. The minimum atomic E-state index is 0. The minimum Gasteiger partial charge on any atom is -0.381 e. The Morgan fingerprint density at radius 3 is 2.56 bits per heavy atom. The van der Waals surface area contributed by atoms with E-state index in [1.54, 1.807) is 0 Å². The van der Waals surface area contributed by atoms with Gasteiger partial charge in [-0.05, 0) is 37.3 Å². The van der Waals surface area contributed by atoms with Gasteiger partial charge in [0.2, 0.25) is 5.91 Å². The molecule has 1 aromatic rings. The van der Waals surface area contributed by atoms with Gasteiger partial charge in [-0.25, -0.2) is 0 Å². The molecule has 4 rings (SSSR count). The number of rotatable bonds is 3. The molecular formula is C20H29ClN2O2. The molecule has 3 heterocycles. The highest BCUT2D eigenvalue weighted by Crippen LogP contribution is 2.44. The molecule has 0 aliphatic carbocycles. The van der Waals surface area contributed by atoms with Crippen LogP contribution in [-0.2, 0) is 9.53 Å². The molecule has 25 heavy (non-hydrogen) atoms. The molecule has 0 unspecified atom stereocenters. The highest BCUT2D eigenvalue weighted by Gasteiger charge is 2.47. The van der Waals surface area contributed by atoms with E-state index in [4.69, 9.17) is 4.74 Å². The normalized spacial score (nSPS) is 30.1. The van der Waals surface area contributed by atoms with Crippen LogP contribution in [0.2, 0.25) is 0 Å². The second kappa shape index (κ2) is 8.07. The average molecular weight is 365 g/mol. The van der Waals surface area contributed by atoms with Gasteiger partial charge < -0.3 is 9.64 Å². The third-order valence-corrected chi connectivity index (χ3v) is 6.19. The molecule has 0 N–H and O–H groups in total. The molecule has 4 nitrogen and oxygen atoms in total. The van der Waals surface area contributed by atoms with Gasteiger partial charge in [0, 0.05) is 51.2 Å². The summed E-state index contributed by atoms with van der Waals surface area (Å²) in [6.45, 7) is 4.62. The fourth-order valence-electron chi connectivity index (χ4n) is 4.94. The number of carbonyl (C=O) groups is 1. The zero-order valence-corrected chi connectivity index (χ0v) is 15.8. The number of halogens is 1. The van der Waals surface area contributed by atoms with Crippen LogP contribution in [0.3, 0.4) is 0 Å². The summed E-state index contributed by atoms with van der Waals surface area (Å²) < 4.78 is 5.41. The lowest BCUT2D eigenvalue weighted by Crippen LogP contribution is -2.35. The van der Waals surface area contributed by atoms with E-state index in [1.165, 1.54) is 5.56 Å². The Kier molecular flexibility index (Phi) is 6.03. The van der Waals surface area contributed by atoms with Gasteiger partial charge in [-0.1, -0.05) is 30.3 Å². The number of nitrogens with zero attached hydrogens (tertiary/aromatic N) is 2. The maximum atomic E-state index is 12.7. The van der Waals surface area contributed by atoms with E-state index in [9.17, 15) is 4.79 Å². The van der Waals surface area contributed by atoms with Crippen molar-refractivity contribution in [1.82, 2.24) is 9.80 Å². The molecule has 0 bridgehead atoms. The number of hydrogen-bond donors (Lipinski definition) is 0. The standard InChI is InChI=1S/C20H28N2O2.ClH/c1-21-12-17-13-22(19(23)11-15-7-9-24-10-8-15)14-18(17)20(21)16-5-3-2-4-6-16;/h2-6,15,17-18,20H,7-14H2,1H3;1H/t17-,18+,20-;/m0./s1. The highest BCUT2D eigenvalue weighted by molar-refractivity contribution is 5.85. The molecule has 5 heteroatoms. The maximum Gasteiger partial charge on any atom is 0.222 e. The third-order valence-electron chi connectivity index (χ3n) is 6.19. The molecular weight excluding hydrogens is 336 g/mol. The van der Waals surface area contributed by atoms with Gasteiger partial charge in [0.15, 0.2) is 0 Å². The van der Waals surface area contributed by atoms with E-state index < -0.39 is 0 Å². The van der Waals surface area contributed by atoms with Gasteiger partial charge >= 0.3 is 0 Å². The number of amides is 1. The van der Waals surface area contributed by atoms with Crippen LogP contribution >= 0.6 is 12.4 Å². The van der Waals surface area contributed by atoms with Gasteiger partial charge in [-0.15, -0.1) is 12.4 Å². The molecule has 0 saturated carbocycles. The van der Waals surface area contributed by atoms with Crippen LogP contribution in [0.25, 0.3) is 0 Å². The summed E-state index contributed by atoms with van der Waals surface area (Å²) in [6.07, 6.45) is 2.80. The molecule has 1 amide bonds. The molecule has 3 aliphatic rings. The zero-order valence-electron chi connectivity index (χ0n) is 15.0. The van der Waals surface area contributed by atoms with Crippen molar-refractivity contribution in [1.29, 1.82) is 0 Å². The summed E-state index contributed by atoms with van der Waals surface area (Å²) in [4.78, 5) is 17.4. The van der Waals surface area contributed by atoms with E-state index in [0.717, 1.165) is 45.7 Å². The SMILES string of the molecule is CN1C[C@H]2CN(C(=O)CC3CCOCC3)C[C@H]2[C@@H]1c1ccccc1.Cl. The van der Waals surface area contributed by atoms with Crippen molar-refractivity contribution in [2.24, 2.45) is 17.8 Å². The lowest BCUT2D eigenvalue weighted by molar-refractivity contribution is -0.132. The molecule has 3 saturated heterocycles. The Balaban J connectivity index is 0.00000182. The van der Waals surface area contributed by atoms with Crippen LogP contribution in [0, 0.1) is 17.8 Å². The Labute approximate surface area is 156 Å². The number of ether oxygens (including phenoxy) is 1. The van der Waals surface area contributed by atoms with Crippen molar-refractivity contribution >= 4 is 18.3 Å². The molecule has 0 radical (unpaired) electrons. The van der Waals surface area contributed by atoms with Gasteiger partial charge in [0.25, 0.3) is 0 Å². The van der Waals surface area contributed by atoms with Crippen LogP contribution < -0.4 is 0 Å². The lowest BCUT2D eigenvalue weighted by atomic mass is 9.90. The molecule has 0 aromatic heterocycles. The lowest BCUT2D eigenvalue weighted by Gasteiger charge is -2.28. The number of fused-ring (bicyclic) bond motifs is 1. The second-order valence-corrected chi connectivity index (χ2v) is 7.78. The fourth-order valence-corrected chi connectivity index (χ4v) is 4.94. The topological polar surface area (TPSA) is 32.8 Å². The van der Waals surface area contributed by atoms with Crippen molar-refractivity contribution < 1.29 is 9.53 Å². The first kappa shape index (κ1) is 18.7. The summed E-state index contributed by atoms with van der Waals surface area (Å²) in [5, 5.41) is 0.